The molecule has 1 aliphatic carbocycles. The molecule has 0 bridgehead atoms. The predicted molar refractivity (Wildman–Crippen MR) is 65.3 cm³/mol. The molecule has 5 nitrogen and oxygen atoms in total. The SMILES string of the molecule is COC(=O)C1(c2nc(-c3cscc3C)no2)CC1. The number of carbonyl (C=O) groups excluding carboxylic acids is 1. The van der Waals surface area contributed by atoms with Crippen LogP contribution in [-0.2, 0) is 14.9 Å². The molecule has 2 aromatic rings. The minimum atomic E-state index is -0.691. The lowest BCUT2D eigenvalue weighted by molar-refractivity contribution is -0.144. The molecule has 1 saturated carbocycles. The fourth-order valence-electron chi connectivity index (χ4n) is 1.94. The van der Waals surface area contributed by atoms with Crippen molar-refractivity contribution < 1.29 is 14.1 Å². The van der Waals surface area contributed by atoms with Crippen LogP contribution < -0.4 is 0 Å². The van der Waals surface area contributed by atoms with E-state index in [1.54, 1.807) is 11.3 Å². The average Bonchev–Trinajstić information content (AvgIpc) is 2.83. The van der Waals surface area contributed by atoms with Gasteiger partial charge in [0.15, 0.2) is 0 Å². The molecule has 0 atom stereocenters. The molecule has 0 aromatic carbocycles. The van der Waals surface area contributed by atoms with Gasteiger partial charge in [-0.05, 0) is 30.7 Å². The van der Waals surface area contributed by atoms with E-state index < -0.39 is 5.41 Å². The summed E-state index contributed by atoms with van der Waals surface area (Å²) in [5, 5.41) is 7.96. The Labute approximate surface area is 108 Å². The molecule has 6 heteroatoms. The Hall–Kier alpha value is -1.69. The monoisotopic (exact) mass is 264 g/mol. The van der Waals surface area contributed by atoms with Gasteiger partial charge < -0.3 is 9.26 Å². The van der Waals surface area contributed by atoms with Gasteiger partial charge in [0.05, 0.1) is 7.11 Å². The van der Waals surface area contributed by atoms with Crippen LogP contribution in [0.5, 0.6) is 0 Å². The maximum absolute atomic E-state index is 11.7. The van der Waals surface area contributed by atoms with Gasteiger partial charge in [0, 0.05) is 10.9 Å². The third-order valence-electron chi connectivity index (χ3n) is 3.26. The molecule has 94 valence electrons. The minimum Gasteiger partial charge on any atom is -0.468 e. The molecule has 0 spiro atoms. The minimum absolute atomic E-state index is 0.292. The summed E-state index contributed by atoms with van der Waals surface area (Å²) in [4.78, 5) is 16.1. The predicted octanol–water partition coefficient (Wildman–Crippen LogP) is 2.31. The number of esters is 1. The third-order valence-corrected chi connectivity index (χ3v) is 4.12. The number of nitrogens with zero attached hydrogens (tertiary/aromatic N) is 2. The van der Waals surface area contributed by atoms with E-state index in [0.717, 1.165) is 11.1 Å². The maximum atomic E-state index is 11.7. The van der Waals surface area contributed by atoms with Crippen molar-refractivity contribution in [1.29, 1.82) is 0 Å². The Balaban J connectivity index is 1.96. The molecule has 0 radical (unpaired) electrons. The second-order valence-corrected chi connectivity index (χ2v) is 5.21. The maximum Gasteiger partial charge on any atom is 0.321 e. The Morgan fingerprint density at radius 2 is 2.28 bits per heavy atom. The van der Waals surface area contributed by atoms with E-state index >= 15 is 0 Å². The first-order chi connectivity index (χ1) is 8.67. The second-order valence-electron chi connectivity index (χ2n) is 4.47. The Kier molecular flexibility index (Phi) is 2.48. The Morgan fingerprint density at radius 3 is 2.83 bits per heavy atom. The molecule has 2 heterocycles. The lowest BCUT2D eigenvalue weighted by Crippen LogP contribution is -2.22. The molecule has 0 unspecified atom stereocenters. The number of ether oxygens (including phenoxy) is 1. The normalized spacial score (nSPS) is 16.6. The van der Waals surface area contributed by atoms with E-state index in [1.807, 2.05) is 17.7 Å². The molecule has 0 N–H and O–H groups in total. The van der Waals surface area contributed by atoms with Gasteiger partial charge in [-0.2, -0.15) is 16.3 Å². The van der Waals surface area contributed by atoms with Gasteiger partial charge in [0.1, 0.15) is 5.41 Å². The largest absolute Gasteiger partial charge is 0.468 e. The Bertz CT molecular complexity index is 598. The van der Waals surface area contributed by atoms with Crippen LogP contribution in [-0.4, -0.2) is 23.2 Å². The highest BCUT2D eigenvalue weighted by Gasteiger charge is 2.57. The summed E-state index contributed by atoms with van der Waals surface area (Å²) in [6.45, 7) is 2.00. The van der Waals surface area contributed by atoms with Gasteiger partial charge in [-0.3, -0.25) is 4.79 Å². The quantitative estimate of drug-likeness (QED) is 0.796. The van der Waals surface area contributed by atoms with Gasteiger partial charge >= 0.3 is 5.97 Å². The van der Waals surface area contributed by atoms with Crippen LogP contribution in [0.15, 0.2) is 15.3 Å². The smallest absolute Gasteiger partial charge is 0.321 e. The molecule has 2 aromatic heterocycles. The van der Waals surface area contributed by atoms with E-state index in [4.69, 9.17) is 9.26 Å². The summed E-state index contributed by atoms with van der Waals surface area (Å²) in [5.41, 5.74) is 1.37. The summed E-state index contributed by atoms with van der Waals surface area (Å²) < 4.78 is 10.0. The van der Waals surface area contributed by atoms with Gasteiger partial charge in [-0.1, -0.05) is 5.16 Å². The summed E-state index contributed by atoms with van der Waals surface area (Å²) >= 11 is 1.59. The molecule has 1 fully saturated rings. The van der Waals surface area contributed by atoms with Crippen LogP contribution in [0.4, 0.5) is 0 Å². The Morgan fingerprint density at radius 1 is 1.50 bits per heavy atom. The van der Waals surface area contributed by atoms with Crippen molar-refractivity contribution in [2.45, 2.75) is 25.2 Å². The van der Waals surface area contributed by atoms with Gasteiger partial charge in [-0.25, -0.2) is 0 Å². The van der Waals surface area contributed by atoms with Gasteiger partial charge in [0.2, 0.25) is 11.7 Å². The van der Waals surface area contributed by atoms with Crippen molar-refractivity contribution >= 4 is 17.3 Å². The first-order valence-corrected chi connectivity index (χ1v) is 6.57. The lowest BCUT2D eigenvalue weighted by Gasteiger charge is -2.05. The number of carbonyl (C=O) groups is 1. The van der Waals surface area contributed by atoms with Gasteiger partial charge in [-0.15, -0.1) is 0 Å². The van der Waals surface area contributed by atoms with Crippen molar-refractivity contribution in [2.24, 2.45) is 0 Å². The zero-order valence-corrected chi connectivity index (χ0v) is 10.9. The number of hydrogen-bond acceptors (Lipinski definition) is 6. The molecule has 3 rings (SSSR count). The van der Waals surface area contributed by atoms with E-state index in [-0.39, 0.29) is 5.97 Å². The van der Waals surface area contributed by atoms with Crippen molar-refractivity contribution in [2.75, 3.05) is 7.11 Å². The number of thiophene rings is 1. The topological polar surface area (TPSA) is 65.2 Å². The number of aromatic nitrogens is 2. The highest BCUT2D eigenvalue weighted by molar-refractivity contribution is 7.08. The van der Waals surface area contributed by atoms with E-state index in [0.29, 0.717) is 24.6 Å². The highest BCUT2D eigenvalue weighted by atomic mass is 32.1. The number of hydrogen-bond donors (Lipinski definition) is 0. The van der Waals surface area contributed by atoms with Crippen LogP contribution in [0, 0.1) is 6.92 Å². The third kappa shape index (κ3) is 1.56. The number of rotatable bonds is 3. The number of aryl methyl sites for hydroxylation is 1. The van der Waals surface area contributed by atoms with Crippen LogP contribution in [0.25, 0.3) is 11.4 Å². The van der Waals surface area contributed by atoms with Crippen LogP contribution in [0.2, 0.25) is 0 Å². The second kappa shape index (κ2) is 3.91. The van der Waals surface area contributed by atoms with Crippen LogP contribution >= 0.6 is 11.3 Å². The summed E-state index contributed by atoms with van der Waals surface area (Å²) in [6, 6.07) is 0. The van der Waals surface area contributed by atoms with E-state index in [9.17, 15) is 4.79 Å². The molecular weight excluding hydrogens is 252 g/mol. The fraction of sp³-hybridized carbons (Fsp3) is 0.417. The highest BCUT2D eigenvalue weighted by Crippen LogP contribution is 2.48. The van der Waals surface area contributed by atoms with Gasteiger partial charge in [0.25, 0.3) is 0 Å². The lowest BCUT2D eigenvalue weighted by atomic mass is 10.1. The molecule has 0 amide bonds. The van der Waals surface area contributed by atoms with Crippen molar-refractivity contribution in [3.8, 4) is 11.4 Å². The van der Waals surface area contributed by atoms with Crippen LogP contribution in [0.1, 0.15) is 24.3 Å². The molecule has 18 heavy (non-hydrogen) atoms. The van der Waals surface area contributed by atoms with E-state index in [1.165, 1.54) is 7.11 Å². The average molecular weight is 264 g/mol. The fourth-order valence-corrected chi connectivity index (χ4v) is 2.77. The summed E-state index contributed by atoms with van der Waals surface area (Å²) in [6.07, 6.45) is 1.42. The van der Waals surface area contributed by atoms with Crippen molar-refractivity contribution in [1.82, 2.24) is 10.1 Å². The molecule has 1 aliphatic rings. The molecule has 0 aliphatic heterocycles. The van der Waals surface area contributed by atoms with Crippen molar-refractivity contribution in [3.63, 3.8) is 0 Å². The van der Waals surface area contributed by atoms with Crippen molar-refractivity contribution in [3.05, 3.63) is 22.2 Å². The molecule has 0 saturated heterocycles. The summed E-state index contributed by atoms with van der Waals surface area (Å²) in [5.74, 6) is 0.619. The standard InChI is InChI=1S/C12H12N2O3S/c1-7-5-18-6-8(7)9-13-10(17-14-9)12(3-4-12)11(15)16-2/h5-6H,3-4H2,1-2H3. The van der Waals surface area contributed by atoms with Crippen LogP contribution in [0.3, 0.4) is 0 Å². The zero-order valence-electron chi connectivity index (χ0n) is 10.1. The summed E-state index contributed by atoms with van der Waals surface area (Å²) in [7, 11) is 1.38. The first-order valence-electron chi connectivity index (χ1n) is 5.63. The van der Waals surface area contributed by atoms with E-state index in [2.05, 4.69) is 10.1 Å². The first kappa shape index (κ1) is 11.4. The molecular formula is C12H12N2O3S. The number of methoxy groups -OCH3 is 1. The zero-order chi connectivity index (χ0) is 12.8.